The first-order valence-corrected chi connectivity index (χ1v) is 7.15. The molecule has 0 aliphatic heterocycles. The SMILES string of the molecule is CCNC1CCCCCC1N(C)C(C)COC. The number of ether oxygens (including phenoxy) is 1. The summed E-state index contributed by atoms with van der Waals surface area (Å²) in [6.07, 6.45) is 6.78. The lowest BCUT2D eigenvalue weighted by atomic mass is 10.00. The number of hydrogen-bond acceptors (Lipinski definition) is 3. The third-order valence-electron chi connectivity index (χ3n) is 4.07. The smallest absolute Gasteiger partial charge is 0.0615 e. The van der Waals surface area contributed by atoms with Crippen LogP contribution < -0.4 is 5.32 Å². The summed E-state index contributed by atoms with van der Waals surface area (Å²) < 4.78 is 5.28. The second-order valence-electron chi connectivity index (χ2n) is 5.34. The lowest BCUT2D eigenvalue weighted by molar-refractivity contribution is 0.0724. The first-order chi connectivity index (χ1) is 8.20. The number of nitrogens with zero attached hydrogens (tertiary/aromatic N) is 1. The van der Waals surface area contributed by atoms with Gasteiger partial charge in [0.25, 0.3) is 0 Å². The topological polar surface area (TPSA) is 24.5 Å². The standard InChI is InChI=1S/C14H30N2O/c1-5-15-13-9-7-6-8-10-14(13)16(3)12(2)11-17-4/h12-15H,5-11H2,1-4H3. The first kappa shape index (κ1) is 14.9. The predicted molar refractivity (Wildman–Crippen MR) is 73.4 cm³/mol. The molecule has 0 bridgehead atoms. The fourth-order valence-electron chi connectivity index (χ4n) is 2.96. The lowest BCUT2D eigenvalue weighted by Crippen LogP contribution is -2.51. The molecule has 0 heterocycles. The third kappa shape index (κ3) is 4.57. The third-order valence-corrected chi connectivity index (χ3v) is 4.07. The van der Waals surface area contributed by atoms with Crippen molar-refractivity contribution >= 4 is 0 Å². The molecule has 0 spiro atoms. The van der Waals surface area contributed by atoms with Gasteiger partial charge in [0.2, 0.25) is 0 Å². The lowest BCUT2D eigenvalue weighted by Gasteiger charge is -2.37. The van der Waals surface area contributed by atoms with Crippen LogP contribution in [-0.2, 0) is 4.74 Å². The second-order valence-corrected chi connectivity index (χ2v) is 5.34. The molecule has 3 nitrogen and oxygen atoms in total. The van der Waals surface area contributed by atoms with E-state index in [1.54, 1.807) is 7.11 Å². The number of nitrogens with one attached hydrogen (secondary N) is 1. The van der Waals surface area contributed by atoms with Gasteiger partial charge in [-0.25, -0.2) is 0 Å². The monoisotopic (exact) mass is 242 g/mol. The van der Waals surface area contributed by atoms with Crippen LogP contribution in [0.25, 0.3) is 0 Å². The summed E-state index contributed by atoms with van der Waals surface area (Å²) in [7, 11) is 4.04. The molecule has 1 aliphatic rings. The average molecular weight is 242 g/mol. The Labute approximate surface area is 107 Å². The van der Waals surface area contributed by atoms with E-state index in [0.29, 0.717) is 18.1 Å². The molecule has 0 saturated heterocycles. The first-order valence-electron chi connectivity index (χ1n) is 7.15. The minimum absolute atomic E-state index is 0.504. The highest BCUT2D eigenvalue weighted by atomic mass is 16.5. The summed E-state index contributed by atoms with van der Waals surface area (Å²) in [5.74, 6) is 0. The van der Waals surface area contributed by atoms with Crippen molar-refractivity contribution in [2.45, 2.75) is 64.1 Å². The molecule has 1 aliphatic carbocycles. The maximum Gasteiger partial charge on any atom is 0.0615 e. The quantitative estimate of drug-likeness (QED) is 0.723. The van der Waals surface area contributed by atoms with Crippen LogP contribution in [0.15, 0.2) is 0 Å². The predicted octanol–water partition coefficient (Wildman–Crippen LogP) is 2.26. The van der Waals surface area contributed by atoms with Gasteiger partial charge in [0.1, 0.15) is 0 Å². The van der Waals surface area contributed by atoms with Crippen molar-refractivity contribution in [1.82, 2.24) is 10.2 Å². The summed E-state index contributed by atoms with van der Waals surface area (Å²) in [6.45, 7) is 6.37. The van der Waals surface area contributed by atoms with Crippen molar-refractivity contribution in [3.63, 3.8) is 0 Å². The molecule has 0 radical (unpaired) electrons. The Balaban J connectivity index is 2.60. The molecule has 0 aromatic heterocycles. The van der Waals surface area contributed by atoms with Gasteiger partial charge in [0, 0.05) is 25.2 Å². The Morgan fingerprint density at radius 2 is 2.00 bits per heavy atom. The zero-order valence-electron chi connectivity index (χ0n) is 12.0. The fourth-order valence-corrected chi connectivity index (χ4v) is 2.96. The van der Waals surface area contributed by atoms with Crippen molar-refractivity contribution in [1.29, 1.82) is 0 Å². The van der Waals surface area contributed by atoms with Gasteiger partial charge < -0.3 is 10.1 Å². The van der Waals surface area contributed by atoms with E-state index in [4.69, 9.17) is 4.74 Å². The van der Waals surface area contributed by atoms with Gasteiger partial charge in [0.15, 0.2) is 0 Å². The maximum atomic E-state index is 5.28. The summed E-state index contributed by atoms with van der Waals surface area (Å²) in [4.78, 5) is 2.52. The summed E-state index contributed by atoms with van der Waals surface area (Å²) in [6, 6.07) is 1.83. The van der Waals surface area contributed by atoms with Crippen LogP contribution in [0.2, 0.25) is 0 Å². The number of methoxy groups -OCH3 is 1. The zero-order valence-corrected chi connectivity index (χ0v) is 12.0. The molecule has 3 heteroatoms. The van der Waals surface area contributed by atoms with Crippen molar-refractivity contribution in [3.8, 4) is 0 Å². The average Bonchev–Trinajstić information content (AvgIpc) is 2.54. The van der Waals surface area contributed by atoms with Crippen LogP contribution in [-0.4, -0.2) is 50.3 Å². The summed E-state index contributed by atoms with van der Waals surface area (Å²) in [5, 5.41) is 3.67. The molecule has 1 rings (SSSR count). The van der Waals surface area contributed by atoms with E-state index in [9.17, 15) is 0 Å². The van der Waals surface area contributed by atoms with Crippen molar-refractivity contribution in [2.75, 3.05) is 27.3 Å². The van der Waals surface area contributed by atoms with E-state index in [0.717, 1.165) is 13.2 Å². The van der Waals surface area contributed by atoms with Gasteiger partial charge in [-0.2, -0.15) is 0 Å². The Bertz CT molecular complexity index is 199. The molecule has 1 fully saturated rings. The minimum Gasteiger partial charge on any atom is -0.383 e. The van der Waals surface area contributed by atoms with Crippen LogP contribution in [0.4, 0.5) is 0 Å². The van der Waals surface area contributed by atoms with Gasteiger partial charge in [0.05, 0.1) is 6.61 Å². The van der Waals surface area contributed by atoms with Gasteiger partial charge in [-0.15, -0.1) is 0 Å². The Hall–Kier alpha value is -0.120. The van der Waals surface area contributed by atoms with Crippen molar-refractivity contribution in [3.05, 3.63) is 0 Å². The van der Waals surface area contributed by atoms with Crippen LogP contribution in [0.3, 0.4) is 0 Å². The molecule has 1 saturated carbocycles. The molecule has 0 amide bonds. The van der Waals surface area contributed by atoms with Gasteiger partial charge in [-0.1, -0.05) is 26.2 Å². The zero-order chi connectivity index (χ0) is 12.7. The van der Waals surface area contributed by atoms with Crippen LogP contribution in [0.5, 0.6) is 0 Å². The molecule has 3 atom stereocenters. The second kappa shape index (κ2) is 8.06. The Kier molecular flexibility index (Phi) is 7.09. The van der Waals surface area contributed by atoms with Gasteiger partial charge >= 0.3 is 0 Å². The van der Waals surface area contributed by atoms with E-state index < -0.39 is 0 Å². The van der Waals surface area contributed by atoms with E-state index in [1.807, 2.05) is 0 Å². The number of rotatable bonds is 6. The normalized spacial score (nSPS) is 28.1. The fraction of sp³-hybridized carbons (Fsp3) is 1.00. The van der Waals surface area contributed by atoms with Crippen LogP contribution >= 0.6 is 0 Å². The van der Waals surface area contributed by atoms with E-state index >= 15 is 0 Å². The number of hydrogen-bond donors (Lipinski definition) is 1. The van der Waals surface area contributed by atoms with Crippen LogP contribution in [0, 0.1) is 0 Å². The molecule has 3 unspecified atom stereocenters. The Morgan fingerprint density at radius 3 is 2.65 bits per heavy atom. The molecule has 17 heavy (non-hydrogen) atoms. The molecule has 0 aromatic rings. The van der Waals surface area contributed by atoms with E-state index in [-0.39, 0.29) is 0 Å². The van der Waals surface area contributed by atoms with Gasteiger partial charge in [-0.3, -0.25) is 4.90 Å². The Morgan fingerprint density at radius 1 is 1.29 bits per heavy atom. The van der Waals surface area contributed by atoms with Crippen molar-refractivity contribution < 1.29 is 4.74 Å². The molecule has 1 N–H and O–H groups in total. The van der Waals surface area contributed by atoms with E-state index in [1.165, 1.54) is 32.1 Å². The largest absolute Gasteiger partial charge is 0.383 e. The van der Waals surface area contributed by atoms with Crippen LogP contribution in [0.1, 0.15) is 46.0 Å². The molecule has 102 valence electrons. The van der Waals surface area contributed by atoms with Crippen molar-refractivity contribution in [2.24, 2.45) is 0 Å². The highest BCUT2D eigenvalue weighted by molar-refractivity contribution is 4.87. The molecular weight excluding hydrogens is 212 g/mol. The number of likely N-dealkylation sites (N-methyl/N-ethyl adjacent to an activating group) is 2. The summed E-state index contributed by atoms with van der Waals surface area (Å²) >= 11 is 0. The molecular formula is C14H30N2O. The van der Waals surface area contributed by atoms with Gasteiger partial charge in [-0.05, 0) is 33.4 Å². The highest BCUT2D eigenvalue weighted by Gasteiger charge is 2.28. The summed E-state index contributed by atoms with van der Waals surface area (Å²) in [5.41, 5.74) is 0. The van der Waals surface area contributed by atoms with E-state index in [2.05, 4.69) is 31.1 Å². The minimum atomic E-state index is 0.504. The highest BCUT2D eigenvalue weighted by Crippen LogP contribution is 2.23. The maximum absolute atomic E-state index is 5.28. The molecule has 0 aromatic carbocycles.